The Morgan fingerprint density at radius 2 is 1.85 bits per heavy atom. The van der Waals surface area contributed by atoms with Crippen LogP contribution in [0.4, 0.5) is 0 Å². The van der Waals surface area contributed by atoms with Gasteiger partial charge < -0.3 is 0 Å². The van der Waals surface area contributed by atoms with Crippen LogP contribution in [-0.4, -0.2) is 14.2 Å². The van der Waals surface area contributed by atoms with Crippen molar-refractivity contribution in [2.75, 3.05) is 5.75 Å². The van der Waals surface area contributed by atoms with Gasteiger partial charge in [-0.1, -0.05) is 24.1 Å². The second-order valence-electron chi connectivity index (χ2n) is 2.50. The van der Waals surface area contributed by atoms with Crippen LogP contribution < -0.4 is 0 Å². The van der Waals surface area contributed by atoms with Gasteiger partial charge >= 0.3 is 0 Å². The first-order valence-corrected chi connectivity index (χ1v) is 5.49. The summed E-state index contributed by atoms with van der Waals surface area (Å²) in [6.45, 7) is 1.63. The van der Waals surface area contributed by atoms with Crippen molar-refractivity contribution in [3.63, 3.8) is 0 Å². The predicted octanol–water partition coefficient (Wildman–Crippen LogP) is 1.48. The maximum Gasteiger partial charge on any atom is 0.189 e. The van der Waals surface area contributed by atoms with Gasteiger partial charge in [0.15, 0.2) is 9.84 Å². The first-order chi connectivity index (χ1) is 6.17. The van der Waals surface area contributed by atoms with Crippen LogP contribution in [0.3, 0.4) is 0 Å². The van der Waals surface area contributed by atoms with E-state index in [2.05, 4.69) is 11.8 Å². The third kappa shape index (κ3) is 2.60. The summed E-state index contributed by atoms with van der Waals surface area (Å²) < 4.78 is 23.0. The number of hydrogen-bond donors (Lipinski definition) is 0. The minimum Gasteiger partial charge on any atom is -0.223 e. The quantitative estimate of drug-likeness (QED) is 0.668. The number of rotatable bonds is 2. The summed E-state index contributed by atoms with van der Waals surface area (Å²) in [6.07, 6.45) is 0. The van der Waals surface area contributed by atoms with Gasteiger partial charge in [0.05, 0.1) is 4.90 Å². The molecule has 0 radical (unpaired) electrons. The molecule has 0 unspecified atom stereocenters. The molecular weight excluding hydrogens is 184 g/mol. The molecule has 0 spiro atoms. The van der Waals surface area contributed by atoms with E-state index in [1.165, 1.54) is 0 Å². The van der Waals surface area contributed by atoms with Crippen molar-refractivity contribution in [1.29, 1.82) is 0 Å². The van der Waals surface area contributed by atoms with E-state index in [0.29, 0.717) is 4.90 Å². The Hall–Kier alpha value is -1.27. The van der Waals surface area contributed by atoms with Crippen molar-refractivity contribution in [3.8, 4) is 11.8 Å². The minimum absolute atomic E-state index is 0.104. The fourth-order valence-corrected chi connectivity index (χ4v) is 1.95. The van der Waals surface area contributed by atoms with E-state index in [9.17, 15) is 8.42 Å². The Bertz CT molecular complexity index is 421. The second-order valence-corrected chi connectivity index (χ2v) is 4.49. The van der Waals surface area contributed by atoms with Gasteiger partial charge in [-0.3, -0.25) is 0 Å². The zero-order valence-electron chi connectivity index (χ0n) is 7.32. The molecule has 0 N–H and O–H groups in total. The van der Waals surface area contributed by atoms with Gasteiger partial charge in [0.25, 0.3) is 0 Å². The Labute approximate surface area is 78.5 Å². The fourth-order valence-electron chi connectivity index (χ4n) is 0.878. The van der Waals surface area contributed by atoms with Crippen LogP contribution in [-0.2, 0) is 9.84 Å². The van der Waals surface area contributed by atoms with Gasteiger partial charge in [0, 0.05) is 0 Å². The normalized spacial score (nSPS) is 10.2. The molecule has 2 nitrogen and oxygen atoms in total. The molecular formula is C10H10O2S. The van der Waals surface area contributed by atoms with E-state index in [4.69, 9.17) is 0 Å². The van der Waals surface area contributed by atoms with E-state index < -0.39 is 9.84 Å². The van der Waals surface area contributed by atoms with Crippen molar-refractivity contribution in [2.24, 2.45) is 0 Å². The first-order valence-electron chi connectivity index (χ1n) is 3.84. The van der Waals surface area contributed by atoms with Crippen LogP contribution in [0.1, 0.15) is 6.92 Å². The molecule has 0 aromatic heterocycles. The number of hydrogen-bond acceptors (Lipinski definition) is 2. The molecule has 3 heteroatoms. The molecule has 0 amide bonds. The molecule has 0 bridgehead atoms. The smallest absolute Gasteiger partial charge is 0.189 e. The molecule has 0 saturated heterocycles. The maximum atomic E-state index is 11.5. The molecule has 1 aromatic rings. The van der Waals surface area contributed by atoms with Crippen molar-refractivity contribution in [1.82, 2.24) is 0 Å². The molecule has 1 rings (SSSR count). The molecule has 0 saturated carbocycles. The molecule has 0 atom stereocenters. The van der Waals surface area contributed by atoms with Crippen LogP contribution in [0.2, 0.25) is 0 Å². The summed E-state index contributed by atoms with van der Waals surface area (Å²) in [5.74, 6) is 5.01. The van der Waals surface area contributed by atoms with Gasteiger partial charge in [0.2, 0.25) is 0 Å². The highest BCUT2D eigenvalue weighted by Gasteiger charge is 2.10. The van der Waals surface area contributed by atoms with E-state index in [1.54, 1.807) is 37.3 Å². The Balaban J connectivity index is 3.00. The van der Waals surface area contributed by atoms with E-state index in [0.717, 1.165) is 0 Å². The lowest BCUT2D eigenvalue weighted by molar-refractivity contribution is 0.599. The van der Waals surface area contributed by atoms with Crippen molar-refractivity contribution in [2.45, 2.75) is 11.8 Å². The maximum absolute atomic E-state index is 11.5. The average Bonchev–Trinajstić information content (AvgIpc) is 2.16. The van der Waals surface area contributed by atoms with E-state index in [-0.39, 0.29) is 5.75 Å². The third-order valence-corrected chi connectivity index (χ3v) is 3.06. The summed E-state index contributed by atoms with van der Waals surface area (Å²) in [4.78, 5) is 0.331. The van der Waals surface area contributed by atoms with Crippen molar-refractivity contribution in [3.05, 3.63) is 30.3 Å². The summed E-state index contributed by atoms with van der Waals surface area (Å²) in [5.41, 5.74) is 0. The van der Waals surface area contributed by atoms with Gasteiger partial charge in [-0.25, -0.2) is 8.42 Å². The highest BCUT2D eigenvalue weighted by molar-refractivity contribution is 7.91. The van der Waals surface area contributed by atoms with Crippen LogP contribution in [0.25, 0.3) is 0 Å². The van der Waals surface area contributed by atoms with Crippen LogP contribution in [0.15, 0.2) is 35.2 Å². The Kier molecular flexibility index (Phi) is 3.10. The first kappa shape index (κ1) is 9.82. The number of benzene rings is 1. The molecule has 0 heterocycles. The topological polar surface area (TPSA) is 34.1 Å². The lowest BCUT2D eigenvalue weighted by atomic mass is 10.4. The van der Waals surface area contributed by atoms with Crippen LogP contribution in [0, 0.1) is 11.8 Å². The summed E-state index contributed by atoms with van der Waals surface area (Å²) in [6, 6.07) is 8.34. The lowest BCUT2D eigenvalue weighted by Crippen LogP contribution is -2.04. The standard InChI is InChI=1S/C10H10O2S/c1-2-3-9-13(11,12)10-7-5-4-6-8-10/h4-8H,9H2,1H3. The molecule has 0 aliphatic carbocycles. The van der Waals surface area contributed by atoms with Gasteiger partial charge in [0.1, 0.15) is 5.75 Å². The SMILES string of the molecule is CC#CCS(=O)(=O)c1ccccc1. The summed E-state index contributed by atoms with van der Waals surface area (Å²) in [5, 5.41) is 0. The largest absolute Gasteiger partial charge is 0.223 e. The van der Waals surface area contributed by atoms with Gasteiger partial charge in [-0.2, -0.15) is 0 Å². The zero-order chi connectivity index (χ0) is 9.73. The van der Waals surface area contributed by atoms with E-state index in [1.807, 2.05) is 0 Å². The summed E-state index contributed by atoms with van der Waals surface area (Å²) in [7, 11) is -3.20. The van der Waals surface area contributed by atoms with Gasteiger partial charge in [-0.05, 0) is 19.1 Å². The molecule has 0 aliphatic heterocycles. The molecule has 1 aromatic carbocycles. The van der Waals surface area contributed by atoms with Crippen molar-refractivity contribution >= 4 is 9.84 Å². The molecule has 0 aliphatic rings. The molecule has 0 fully saturated rings. The third-order valence-electron chi connectivity index (χ3n) is 1.54. The molecule has 13 heavy (non-hydrogen) atoms. The fraction of sp³-hybridized carbons (Fsp3) is 0.200. The van der Waals surface area contributed by atoms with Crippen molar-refractivity contribution < 1.29 is 8.42 Å². The molecule has 68 valence electrons. The Morgan fingerprint density at radius 3 is 2.38 bits per heavy atom. The summed E-state index contributed by atoms with van der Waals surface area (Å²) >= 11 is 0. The minimum atomic E-state index is -3.20. The van der Waals surface area contributed by atoms with E-state index >= 15 is 0 Å². The zero-order valence-corrected chi connectivity index (χ0v) is 8.14. The predicted molar refractivity (Wildman–Crippen MR) is 51.9 cm³/mol. The van der Waals surface area contributed by atoms with Crippen LogP contribution in [0.5, 0.6) is 0 Å². The monoisotopic (exact) mass is 194 g/mol. The Morgan fingerprint density at radius 1 is 1.23 bits per heavy atom. The lowest BCUT2D eigenvalue weighted by Gasteiger charge is -1.98. The number of sulfone groups is 1. The highest BCUT2D eigenvalue weighted by Crippen LogP contribution is 2.08. The highest BCUT2D eigenvalue weighted by atomic mass is 32.2. The van der Waals surface area contributed by atoms with Crippen LogP contribution >= 0.6 is 0 Å². The second kappa shape index (κ2) is 4.11. The van der Waals surface area contributed by atoms with Gasteiger partial charge in [-0.15, -0.1) is 5.92 Å². The average molecular weight is 194 g/mol.